The SMILES string of the molecule is CC(C)Oc1ccc(C(=O)NCCCN(C)C)cc1F. The van der Waals surface area contributed by atoms with E-state index in [1.165, 1.54) is 12.1 Å². The first-order valence-electron chi connectivity index (χ1n) is 6.79. The molecule has 0 saturated carbocycles. The monoisotopic (exact) mass is 282 g/mol. The Bertz CT molecular complexity index is 447. The molecule has 0 aliphatic rings. The summed E-state index contributed by atoms with van der Waals surface area (Å²) in [5.74, 6) is -0.609. The summed E-state index contributed by atoms with van der Waals surface area (Å²) in [6.45, 7) is 5.12. The predicted molar refractivity (Wildman–Crippen MR) is 77.7 cm³/mol. The maximum absolute atomic E-state index is 13.8. The van der Waals surface area contributed by atoms with E-state index in [-0.39, 0.29) is 17.8 Å². The zero-order valence-electron chi connectivity index (χ0n) is 12.6. The summed E-state index contributed by atoms with van der Waals surface area (Å²) in [7, 11) is 3.95. The lowest BCUT2D eigenvalue weighted by atomic mass is 10.2. The Labute approximate surface area is 119 Å². The normalized spacial score (nSPS) is 10.9. The van der Waals surface area contributed by atoms with Crippen LogP contribution in [-0.2, 0) is 0 Å². The molecule has 0 atom stereocenters. The van der Waals surface area contributed by atoms with Crippen molar-refractivity contribution in [2.75, 3.05) is 27.2 Å². The summed E-state index contributed by atoms with van der Waals surface area (Å²) in [4.78, 5) is 13.9. The zero-order valence-corrected chi connectivity index (χ0v) is 12.6. The minimum absolute atomic E-state index is 0.102. The quantitative estimate of drug-likeness (QED) is 0.780. The van der Waals surface area contributed by atoms with Gasteiger partial charge in [0.05, 0.1) is 6.10 Å². The van der Waals surface area contributed by atoms with Crippen LogP contribution in [0.25, 0.3) is 0 Å². The van der Waals surface area contributed by atoms with E-state index in [0.29, 0.717) is 12.1 Å². The Hall–Kier alpha value is -1.62. The maximum Gasteiger partial charge on any atom is 0.251 e. The second-order valence-corrected chi connectivity index (χ2v) is 5.22. The van der Waals surface area contributed by atoms with Gasteiger partial charge in [-0.1, -0.05) is 0 Å². The van der Waals surface area contributed by atoms with E-state index in [1.807, 2.05) is 32.8 Å². The molecule has 20 heavy (non-hydrogen) atoms. The van der Waals surface area contributed by atoms with Crippen LogP contribution in [0.5, 0.6) is 5.75 Å². The maximum atomic E-state index is 13.8. The highest BCUT2D eigenvalue weighted by Gasteiger charge is 2.11. The molecule has 0 spiro atoms. The summed E-state index contributed by atoms with van der Waals surface area (Å²) >= 11 is 0. The summed E-state index contributed by atoms with van der Waals surface area (Å²) in [5.41, 5.74) is 0.309. The molecule has 0 unspecified atom stereocenters. The topological polar surface area (TPSA) is 41.6 Å². The van der Waals surface area contributed by atoms with E-state index >= 15 is 0 Å². The van der Waals surface area contributed by atoms with Gasteiger partial charge >= 0.3 is 0 Å². The van der Waals surface area contributed by atoms with E-state index in [2.05, 4.69) is 5.32 Å². The van der Waals surface area contributed by atoms with Gasteiger partial charge in [-0.15, -0.1) is 0 Å². The Kier molecular flexibility index (Phi) is 6.45. The Morgan fingerprint density at radius 2 is 2.10 bits per heavy atom. The number of hydrogen-bond acceptors (Lipinski definition) is 3. The van der Waals surface area contributed by atoms with E-state index in [9.17, 15) is 9.18 Å². The summed E-state index contributed by atoms with van der Waals surface area (Å²) < 4.78 is 19.0. The van der Waals surface area contributed by atoms with Crippen LogP contribution in [0, 0.1) is 5.82 Å². The number of carbonyl (C=O) groups is 1. The molecular formula is C15H23FN2O2. The molecule has 112 valence electrons. The highest BCUT2D eigenvalue weighted by molar-refractivity contribution is 5.94. The van der Waals surface area contributed by atoms with Crippen molar-refractivity contribution in [3.05, 3.63) is 29.6 Å². The first-order valence-corrected chi connectivity index (χ1v) is 6.79. The largest absolute Gasteiger partial charge is 0.488 e. The van der Waals surface area contributed by atoms with Crippen molar-refractivity contribution < 1.29 is 13.9 Å². The third kappa shape index (κ3) is 5.57. The molecular weight excluding hydrogens is 259 g/mol. The Balaban J connectivity index is 2.54. The number of benzene rings is 1. The molecule has 0 radical (unpaired) electrons. The first-order chi connectivity index (χ1) is 9.40. The molecule has 0 aliphatic carbocycles. The molecule has 1 N–H and O–H groups in total. The molecule has 1 amide bonds. The Morgan fingerprint density at radius 1 is 1.40 bits per heavy atom. The number of carbonyl (C=O) groups excluding carboxylic acids is 1. The molecule has 0 aromatic heterocycles. The molecule has 1 aromatic rings. The third-order valence-corrected chi connectivity index (χ3v) is 2.62. The second kappa shape index (κ2) is 7.85. The molecule has 0 heterocycles. The molecule has 5 heteroatoms. The van der Waals surface area contributed by atoms with Crippen molar-refractivity contribution in [3.63, 3.8) is 0 Å². The molecule has 1 rings (SSSR count). The number of nitrogens with one attached hydrogen (secondary N) is 1. The molecule has 1 aromatic carbocycles. The van der Waals surface area contributed by atoms with Crippen LogP contribution < -0.4 is 10.1 Å². The fourth-order valence-electron chi connectivity index (χ4n) is 1.69. The van der Waals surface area contributed by atoms with Gasteiger partial charge in [0.25, 0.3) is 5.91 Å². The van der Waals surface area contributed by atoms with Gasteiger partial charge in [0, 0.05) is 12.1 Å². The van der Waals surface area contributed by atoms with Gasteiger partial charge in [-0.3, -0.25) is 4.79 Å². The van der Waals surface area contributed by atoms with Gasteiger partial charge in [0.1, 0.15) is 0 Å². The van der Waals surface area contributed by atoms with Gasteiger partial charge in [0.2, 0.25) is 0 Å². The number of halogens is 1. The van der Waals surface area contributed by atoms with Gasteiger partial charge in [-0.2, -0.15) is 0 Å². The average molecular weight is 282 g/mol. The van der Waals surface area contributed by atoms with E-state index in [1.54, 1.807) is 6.07 Å². The van der Waals surface area contributed by atoms with Crippen molar-refractivity contribution in [2.45, 2.75) is 26.4 Å². The number of hydrogen-bond donors (Lipinski definition) is 1. The van der Waals surface area contributed by atoms with Crippen molar-refractivity contribution in [2.24, 2.45) is 0 Å². The Morgan fingerprint density at radius 3 is 2.65 bits per heavy atom. The number of amides is 1. The number of nitrogens with zero attached hydrogens (tertiary/aromatic N) is 1. The summed E-state index contributed by atoms with van der Waals surface area (Å²) in [6.07, 6.45) is 0.755. The van der Waals surface area contributed by atoms with Crippen LogP contribution in [0.3, 0.4) is 0 Å². The minimum atomic E-state index is -0.514. The smallest absolute Gasteiger partial charge is 0.251 e. The average Bonchev–Trinajstić information content (AvgIpc) is 2.36. The molecule has 0 bridgehead atoms. The van der Waals surface area contributed by atoms with E-state index in [0.717, 1.165) is 13.0 Å². The fraction of sp³-hybridized carbons (Fsp3) is 0.533. The minimum Gasteiger partial charge on any atom is -0.488 e. The molecule has 4 nitrogen and oxygen atoms in total. The molecule has 0 aliphatic heterocycles. The molecule has 0 saturated heterocycles. The van der Waals surface area contributed by atoms with Crippen molar-refractivity contribution in [1.82, 2.24) is 10.2 Å². The van der Waals surface area contributed by atoms with Crippen LogP contribution in [-0.4, -0.2) is 44.1 Å². The molecule has 0 fully saturated rings. The fourth-order valence-corrected chi connectivity index (χ4v) is 1.69. The lowest BCUT2D eigenvalue weighted by Gasteiger charge is -2.12. The number of ether oxygens (including phenoxy) is 1. The van der Waals surface area contributed by atoms with Crippen LogP contribution in [0.4, 0.5) is 4.39 Å². The first kappa shape index (κ1) is 16.4. The predicted octanol–water partition coefficient (Wildman–Crippen LogP) is 2.29. The van der Waals surface area contributed by atoms with Crippen molar-refractivity contribution >= 4 is 5.91 Å². The van der Waals surface area contributed by atoms with Crippen molar-refractivity contribution in [1.29, 1.82) is 0 Å². The number of rotatable bonds is 7. The highest BCUT2D eigenvalue weighted by Crippen LogP contribution is 2.19. The van der Waals surface area contributed by atoms with Crippen LogP contribution in [0.15, 0.2) is 18.2 Å². The lowest BCUT2D eigenvalue weighted by molar-refractivity contribution is 0.0951. The van der Waals surface area contributed by atoms with E-state index < -0.39 is 5.82 Å². The standard InChI is InChI=1S/C15H23FN2O2/c1-11(2)20-14-7-6-12(10-13(14)16)15(19)17-8-5-9-18(3)4/h6-7,10-11H,5,8-9H2,1-4H3,(H,17,19). The third-order valence-electron chi connectivity index (χ3n) is 2.62. The van der Waals surface area contributed by atoms with Gasteiger partial charge < -0.3 is 15.0 Å². The van der Waals surface area contributed by atoms with Gasteiger partial charge in [-0.25, -0.2) is 4.39 Å². The lowest BCUT2D eigenvalue weighted by Crippen LogP contribution is -2.27. The zero-order chi connectivity index (χ0) is 15.1. The summed E-state index contributed by atoms with van der Waals surface area (Å²) in [5, 5.41) is 2.77. The highest BCUT2D eigenvalue weighted by atomic mass is 19.1. The van der Waals surface area contributed by atoms with Gasteiger partial charge in [0.15, 0.2) is 11.6 Å². The van der Waals surface area contributed by atoms with Crippen LogP contribution in [0.1, 0.15) is 30.6 Å². The second-order valence-electron chi connectivity index (χ2n) is 5.22. The van der Waals surface area contributed by atoms with Crippen molar-refractivity contribution in [3.8, 4) is 5.75 Å². The summed E-state index contributed by atoms with van der Waals surface area (Å²) in [6, 6.07) is 4.27. The van der Waals surface area contributed by atoms with Crippen LogP contribution in [0.2, 0.25) is 0 Å². The van der Waals surface area contributed by atoms with Gasteiger partial charge in [-0.05, 0) is 59.1 Å². The van der Waals surface area contributed by atoms with E-state index in [4.69, 9.17) is 4.74 Å². The van der Waals surface area contributed by atoms with Crippen LogP contribution >= 0.6 is 0 Å².